The van der Waals surface area contributed by atoms with Crippen LogP contribution in [0, 0.1) is 6.92 Å². The quantitative estimate of drug-likeness (QED) is 0.723. The van der Waals surface area contributed by atoms with Gasteiger partial charge in [0.05, 0.1) is 5.39 Å². The van der Waals surface area contributed by atoms with Gasteiger partial charge in [-0.2, -0.15) is 0 Å². The third-order valence-corrected chi connectivity index (χ3v) is 5.00. The largest absolute Gasteiger partial charge is 0.490 e. The Bertz CT molecular complexity index is 927. The maximum absolute atomic E-state index is 12.7. The Labute approximate surface area is 158 Å². The fourth-order valence-electron chi connectivity index (χ4n) is 3.53. The number of benzene rings is 2. The normalized spacial score (nSPS) is 15.0. The second-order valence-corrected chi connectivity index (χ2v) is 6.92. The van der Waals surface area contributed by atoms with Crippen LogP contribution >= 0.6 is 0 Å². The Morgan fingerprint density at radius 3 is 2.70 bits per heavy atom. The molecule has 1 aliphatic heterocycles. The maximum Gasteiger partial charge on any atom is 0.287 e. The molecule has 0 aliphatic carbocycles. The number of amides is 1. The number of furan rings is 1. The van der Waals surface area contributed by atoms with Crippen LogP contribution in [0.15, 0.2) is 52.9 Å². The van der Waals surface area contributed by atoms with Crippen LogP contribution in [0.5, 0.6) is 5.75 Å². The average Bonchev–Trinajstić information content (AvgIpc) is 3.05. The molecule has 0 spiro atoms. The Morgan fingerprint density at radius 1 is 1.15 bits per heavy atom. The van der Waals surface area contributed by atoms with Crippen molar-refractivity contribution in [1.82, 2.24) is 10.6 Å². The highest BCUT2D eigenvalue weighted by molar-refractivity contribution is 6.00. The van der Waals surface area contributed by atoms with E-state index in [4.69, 9.17) is 9.15 Å². The summed E-state index contributed by atoms with van der Waals surface area (Å²) in [6, 6.07) is 15.6. The molecular weight excluding hydrogens is 340 g/mol. The third kappa shape index (κ3) is 3.83. The van der Waals surface area contributed by atoms with E-state index in [1.54, 1.807) is 0 Å². The van der Waals surface area contributed by atoms with Gasteiger partial charge >= 0.3 is 0 Å². The van der Waals surface area contributed by atoms with E-state index in [9.17, 15) is 4.79 Å². The van der Waals surface area contributed by atoms with Crippen molar-refractivity contribution >= 4 is 16.9 Å². The summed E-state index contributed by atoms with van der Waals surface area (Å²) in [5.74, 6) is 0.936. The molecule has 3 aromatic rings. The first-order valence-corrected chi connectivity index (χ1v) is 9.44. The van der Waals surface area contributed by atoms with Gasteiger partial charge in [-0.15, -0.1) is 0 Å². The minimum Gasteiger partial charge on any atom is -0.490 e. The summed E-state index contributed by atoms with van der Waals surface area (Å²) in [6.45, 7) is 4.32. The van der Waals surface area contributed by atoms with Crippen molar-refractivity contribution in [1.29, 1.82) is 0 Å². The van der Waals surface area contributed by atoms with Gasteiger partial charge in [0, 0.05) is 12.1 Å². The van der Waals surface area contributed by atoms with Crippen LogP contribution in [-0.4, -0.2) is 25.1 Å². The van der Waals surface area contributed by atoms with E-state index in [2.05, 4.69) is 10.6 Å². The molecule has 1 amide bonds. The molecule has 5 nitrogen and oxygen atoms in total. The molecular formula is C22H24N2O3. The van der Waals surface area contributed by atoms with E-state index in [-0.39, 0.29) is 12.0 Å². The highest BCUT2D eigenvalue weighted by atomic mass is 16.5. The minimum absolute atomic E-state index is 0.196. The zero-order valence-corrected chi connectivity index (χ0v) is 15.5. The Hall–Kier alpha value is -2.79. The smallest absolute Gasteiger partial charge is 0.287 e. The van der Waals surface area contributed by atoms with E-state index in [1.807, 2.05) is 55.5 Å². The maximum atomic E-state index is 12.7. The van der Waals surface area contributed by atoms with Crippen LogP contribution < -0.4 is 15.4 Å². The van der Waals surface area contributed by atoms with Gasteiger partial charge in [0.2, 0.25) is 0 Å². The summed E-state index contributed by atoms with van der Waals surface area (Å²) in [4.78, 5) is 12.7. The molecule has 2 heterocycles. The minimum atomic E-state index is -0.208. The summed E-state index contributed by atoms with van der Waals surface area (Å²) in [6.07, 6.45) is 2.16. The van der Waals surface area contributed by atoms with E-state index < -0.39 is 0 Å². The fourth-order valence-corrected chi connectivity index (χ4v) is 3.53. The molecule has 27 heavy (non-hydrogen) atoms. The number of nitrogens with one attached hydrogen (secondary N) is 2. The molecule has 0 unspecified atom stereocenters. The number of carbonyl (C=O) groups excluding carboxylic acids is 1. The highest BCUT2D eigenvalue weighted by Gasteiger charge is 2.22. The molecule has 1 fully saturated rings. The first-order valence-electron chi connectivity index (χ1n) is 9.44. The summed E-state index contributed by atoms with van der Waals surface area (Å²) >= 11 is 0. The van der Waals surface area contributed by atoms with Crippen molar-refractivity contribution in [3.8, 4) is 5.75 Å². The van der Waals surface area contributed by atoms with Gasteiger partial charge in [0.15, 0.2) is 5.76 Å². The van der Waals surface area contributed by atoms with Gasteiger partial charge in [-0.25, -0.2) is 0 Å². The second kappa shape index (κ2) is 7.84. The first kappa shape index (κ1) is 17.6. The SMILES string of the molecule is Cc1c(C(=O)NCc2ccccc2)oc2cccc(OC3CCNCC3)c12. The van der Waals surface area contributed by atoms with Crippen molar-refractivity contribution < 1.29 is 13.9 Å². The standard InChI is InChI=1S/C22H24N2O3/c1-15-20-18(26-17-10-12-23-13-11-17)8-5-9-19(20)27-21(15)22(25)24-14-16-6-3-2-4-7-16/h2-9,17,23H,10-14H2,1H3,(H,24,25). The predicted molar refractivity (Wildman–Crippen MR) is 105 cm³/mol. The highest BCUT2D eigenvalue weighted by Crippen LogP contribution is 2.34. The lowest BCUT2D eigenvalue weighted by Gasteiger charge is -2.24. The van der Waals surface area contributed by atoms with Crippen molar-refractivity contribution in [2.45, 2.75) is 32.4 Å². The van der Waals surface area contributed by atoms with Crippen LogP contribution in [0.1, 0.15) is 34.5 Å². The van der Waals surface area contributed by atoms with Gasteiger partial charge in [-0.3, -0.25) is 4.79 Å². The first-order chi connectivity index (χ1) is 13.2. The summed E-state index contributed by atoms with van der Waals surface area (Å²) in [7, 11) is 0. The third-order valence-electron chi connectivity index (χ3n) is 5.00. The molecule has 1 aliphatic rings. The fraction of sp³-hybridized carbons (Fsp3) is 0.318. The zero-order chi connectivity index (χ0) is 18.6. The Balaban J connectivity index is 1.56. The number of fused-ring (bicyclic) bond motifs is 1. The van der Waals surface area contributed by atoms with Gasteiger partial charge in [-0.05, 0) is 50.6 Å². The summed E-state index contributed by atoms with van der Waals surface area (Å²) < 4.78 is 12.1. The Kier molecular flexibility index (Phi) is 5.12. The molecule has 2 N–H and O–H groups in total. The lowest BCUT2D eigenvalue weighted by Crippen LogP contribution is -2.34. The van der Waals surface area contributed by atoms with Gasteiger partial charge in [0.25, 0.3) is 5.91 Å². The van der Waals surface area contributed by atoms with E-state index in [0.717, 1.165) is 48.2 Å². The van der Waals surface area contributed by atoms with Crippen LogP contribution in [0.25, 0.3) is 11.0 Å². The zero-order valence-electron chi connectivity index (χ0n) is 15.5. The van der Waals surface area contributed by atoms with Crippen LogP contribution in [0.3, 0.4) is 0 Å². The molecule has 4 rings (SSSR count). The predicted octanol–water partition coefficient (Wildman–Crippen LogP) is 3.80. The second-order valence-electron chi connectivity index (χ2n) is 6.92. The number of ether oxygens (including phenoxy) is 1. The molecule has 0 bridgehead atoms. The molecule has 0 radical (unpaired) electrons. The van der Waals surface area contributed by atoms with Crippen molar-refractivity contribution in [2.24, 2.45) is 0 Å². The Morgan fingerprint density at radius 2 is 1.93 bits per heavy atom. The molecule has 5 heteroatoms. The number of hydrogen-bond donors (Lipinski definition) is 2. The molecule has 2 aromatic carbocycles. The molecule has 1 saturated heterocycles. The topological polar surface area (TPSA) is 63.5 Å². The molecule has 0 atom stereocenters. The molecule has 0 saturated carbocycles. The van der Waals surface area contributed by atoms with Crippen molar-refractivity contribution in [2.75, 3.05) is 13.1 Å². The van der Waals surface area contributed by atoms with Crippen molar-refractivity contribution in [3.63, 3.8) is 0 Å². The number of piperidine rings is 1. The van der Waals surface area contributed by atoms with Crippen LogP contribution in [0.2, 0.25) is 0 Å². The molecule has 140 valence electrons. The monoisotopic (exact) mass is 364 g/mol. The lowest BCUT2D eigenvalue weighted by molar-refractivity contribution is 0.0924. The number of carbonyl (C=O) groups is 1. The lowest BCUT2D eigenvalue weighted by atomic mass is 10.1. The molecule has 1 aromatic heterocycles. The average molecular weight is 364 g/mol. The van der Waals surface area contributed by atoms with E-state index >= 15 is 0 Å². The number of aryl methyl sites for hydroxylation is 1. The number of hydrogen-bond acceptors (Lipinski definition) is 4. The van der Waals surface area contributed by atoms with Gasteiger partial charge in [-0.1, -0.05) is 36.4 Å². The van der Waals surface area contributed by atoms with Crippen LogP contribution in [0.4, 0.5) is 0 Å². The van der Waals surface area contributed by atoms with Gasteiger partial charge in [0.1, 0.15) is 17.4 Å². The van der Waals surface area contributed by atoms with E-state index in [0.29, 0.717) is 17.9 Å². The van der Waals surface area contributed by atoms with Crippen molar-refractivity contribution in [3.05, 3.63) is 65.4 Å². The van der Waals surface area contributed by atoms with Crippen LogP contribution in [-0.2, 0) is 6.54 Å². The van der Waals surface area contributed by atoms with E-state index in [1.165, 1.54) is 0 Å². The summed E-state index contributed by atoms with van der Waals surface area (Å²) in [5.41, 5.74) is 2.55. The van der Waals surface area contributed by atoms with Gasteiger partial charge < -0.3 is 19.8 Å². The summed E-state index contributed by atoms with van der Waals surface area (Å²) in [5, 5.41) is 7.17. The number of rotatable bonds is 5.